The molecule has 88 valence electrons. The average molecular weight is 211 g/mol. The predicted octanol–water partition coefficient (Wildman–Crippen LogP) is 2.56. The fraction of sp³-hybridized carbons (Fsp3) is 1.00. The van der Waals surface area contributed by atoms with Gasteiger partial charge in [0.2, 0.25) is 0 Å². The molecular weight excluding hydrogens is 186 g/mol. The maximum Gasteiger partial charge on any atom is 0.0814 e. The first-order valence-electron chi connectivity index (χ1n) is 6.73. The van der Waals surface area contributed by atoms with Gasteiger partial charge in [0.15, 0.2) is 0 Å². The first-order chi connectivity index (χ1) is 7.26. The van der Waals surface area contributed by atoms with Crippen LogP contribution in [0.1, 0.15) is 58.3 Å². The molecule has 0 spiro atoms. The van der Waals surface area contributed by atoms with Crippen LogP contribution in [0.4, 0.5) is 0 Å². The summed E-state index contributed by atoms with van der Waals surface area (Å²) in [5, 5.41) is 10.7. The van der Waals surface area contributed by atoms with E-state index >= 15 is 0 Å². The molecule has 0 aliphatic carbocycles. The zero-order chi connectivity index (χ0) is 10.7. The summed E-state index contributed by atoms with van der Waals surface area (Å²) in [5.41, 5.74) is -0.338. The second-order valence-electron chi connectivity index (χ2n) is 5.36. The fourth-order valence-electron chi connectivity index (χ4n) is 3.34. The molecule has 2 fully saturated rings. The minimum atomic E-state index is -0.338. The van der Waals surface area contributed by atoms with Crippen molar-refractivity contribution in [2.75, 3.05) is 13.1 Å². The largest absolute Gasteiger partial charge is 0.388 e. The maximum atomic E-state index is 10.7. The first kappa shape index (κ1) is 11.4. The summed E-state index contributed by atoms with van der Waals surface area (Å²) < 4.78 is 0. The summed E-state index contributed by atoms with van der Waals surface area (Å²) in [4.78, 5) is 2.52. The predicted molar refractivity (Wildman–Crippen MR) is 62.9 cm³/mol. The third-order valence-corrected chi connectivity index (χ3v) is 4.28. The molecule has 0 aromatic carbocycles. The summed E-state index contributed by atoms with van der Waals surface area (Å²) in [5.74, 6) is 0. The topological polar surface area (TPSA) is 23.5 Å². The SMILES string of the molecule is CCCCCC1(O)CCN2CCCCC21. The molecule has 2 heteroatoms. The van der Waals surface area contributed by atoms with Crippen molar-refractivity contribution in [2.24, 2.45) is 0 Å². The maximum absolute atomic E-state index is 10.7. The minimum absolute atomic E-state index is 0.338. The van der Waals surface area contributed by atoms with Gasteiger partial charge in [-0.25, -0.2) is 0 Å². The second-order valence-corrected chi connectivity index (χ2v) is 5.36. The van der Waals surface area contributed by atoms with Crippen LogP contribution in [0.3, 0.4) is 0 Å². The lowest BCUT2D eigenvalue weighted by Gasteiger charge is -2.37. The van der Waals surface area contributed by atoms with E-state index in [1.165, 1.54) is 45.1 Å². The molecule has 0 saturated carbocycles. The van der Waals surface area contributed by atoms with Crippen molar-refractivity contribution >= 4 is 0 Å². The van der Waals surface area contributed by atoms with Crippen LogP contribution >= 0.6 is 0 Å². The van der Waals surface area contributed by atoms with Gasteiger partial charge in [-0.2, -0.15) is 0 Å². The molecule has 0 aromatic rings. The van der Waals surface area contributed by atoms with Gasteiger partial charge in [-0.3, -0.25) is 4.90 Å². The van der Waals surface area contributed by atoms with Gasteiger partial charge in [0.1, 0.15) is 0 Å². The minimum Gasteiger partial charge on any atom is -0.388 e. The van der Waals surface area contributed by atoms with Gasteiger partial charge >= 0.3 is 0 Å². The van der Waals surface area contributed by atoms with Crippen LogP contribution in [0.15, 0.2) is 0 Å². The molecule has 1 N–H and O–H groups in total. The van der Waals surface area contributed by atoms with Gasteiger partial charge in [-0.1, -0.05) is 32.6 Å². The summed E-state index contributed by atoms with van der Waals surface area (Å²) in [6, 6.07) is 0.489. The normalized spacial score (nSPS) is 36.8. The highest BCUT2D eigenvalue weighted by atomic mass is 16.3. The van der Waals surface area contributed by atoms with Crippen molar-refractivity contribution in [2.45, 2.75) is 69.9 Å². The van der Waals surface area contributed by atoms with E-state index in [1.807, 2.05) is 0 Å². The molecule has 0 radical (unpaired) electrons. The van der Waals surface area contributed by atoms with Gasteiger partial charge in [0.25, 0.3) is 0 Å². The van der Waals surface area contributed by atoms with E-state index < -0.39 is 0 Å². The highest BCUT2D eigenvalue weighted by Crippen LogP contribution is 2.38. The van der Waals surface area contributed by atoms with Crippen LogP contribution in [-0.2, 0) is 0 Å². The number of rotatable bonds is 4. The monoisotopic (exact) mass is 211 g/mol. The third kappa shape index (κ3) is 2.36. The molecule has 2 unspecified atom stereocenters. The van der Waals surface area contributed by atoms with Crippen molar-refractivity contribution in [3.05, 3.63) is 0 Å². The molecule has 0 aromatic heterocycles. The van der Waals surface area contributed by atoms with Crippen molar-refractivity contribution in [1.82, 2.24) is 4.90 Å². The van der Waals surface area contributed by atoms with Gasteiger partial charge in [0, 0.05) is 12.6 Å². The van der Waals surface area contributed by atoms with E-state index in [-0.39, 0.29) is 5.60 Å². The van der Waals surface area contributed by atoms with Crippen molar-refractivity contribution in [1.29, 1.82) is 0 Å². The van der Waals surface area contributed by atoms with Crippen molar-refractivity contribution < 1.29 is 5.11 Å². The average Bonchev–Trinajstić information content (AvgIpc) is 2.59. The lowest BCUT2D eigenvalue weighted by molar-refractivity contribution is -0.0177. The summed E-state index contributed by atoms with van der Waals surface area (Å²) >= 11 is 0. The number of aliphatic hydroxyl groups is 1. The Balaban J connectivity index is 1.89. The molecule has 2 heterocycles. The number of unbranched alkanes of at least 4 members (excludes halogenated alkanes) is 2. The Morgan fingerprint density at radius 3 is 2.93 bits per heavy atom. The number of fused-ring (bicyclic) bond motifs is 1. The standard InChI is InChI=1S/C13H25NO/c1-2-3-5-8-13(15)9-11-14-10-6-4-7-12(13)14/h12,15H,2-11H2,1H3. The Morgan fingerprint density at radius 1 is 1.27 bits per heavy atom. The summed E-state index contributed by atoms with van der Waals surface area (Å²) in [6.45, 7) is 4.58. The van der Waals surface area contributed by atoms with Gasteiger partial charge < -0.3 is 5.11 Å². The Labute approximate surface area is 93.7 Å². The highest BCUT2D eigenvalue weighted by Gasteiger charge is 2.45. The van der Waals surface area contributed by atoms with E-state index in [2.05, 4.69) is 11.8 Å². The summed E-state index contributed by atoms with van der Waals surface area (Å²) in [6.07, 6.45) is 9.65. The number of piperidine rings is 1. The molecular formula is C13H25NO. The molecule has 2 rings (SSSR count). The van der Waals surface area contributed by atoms with E-state index in [9.17, 15) is 5.11 Å². The second kappa shape index (κ2) is 4.84. The zero-order valence-corrected chi connectivity index (χ0v) is 10.0. The van der Waals surface area contributed by atoms with Gasteiger partial charge in [-0.15, -0.1) is 0 Å². The Morgan fingerprint density at radius 2 is 2.13 bits per heavy atom. The van der Waals surface area contributed by atoms with Crippen molar-refractivity contribution in [3.8, 4) is 0 Å². The quantitative estimate of drug-likeness (QED) is 0.722. The molecule has 2 saturated heterocycles. The smallest absolute Gasteiger partial charge is 0.0814 e. The van der Waals surface area contributed by atoms with Crippen LogP contribution in [-0.4, -0.2) is 34.7 Å². The number of nitrogens with zero attached hydrogens (tertiary/aromatic N) is 1. The molecule has 2 atom stereocenters. The van der Waals surface area contributed by atoms with Gasteiger partial charge in [0.05, 0.1) is 5.60 Å². The van der Waals surface area contributed by atoms with E-state index in [0.29, 0.717) is 6.04 Å². The molecule has 2 aliphatic rings. The van der Waals surface area contributed by atoms with Crippen LogP contribution < -0.4 is 0 Å². The van der Waals surface area contributed by atoms with E-state index in [1.54, 1.807) is 0 Å². The van der Waals surface area contributed by atoms with Crippen molar-refractivity contribution in [3.63, 3.8) is 0 Å². The molecule has 0 bridgehead atoms. The Hall–Kier alpha value is -0.0800. The van der Waals surface area contributed by atoms with E-state index in [0.717, 1.165) is 19.4 Å². The lowest BCUT2D eigenvalue weighted by atomic mass is 9.84. The molecule has 0 amide bonds. The van der Waals surface area contributed by atoms with Gasteiger partial charge in [-0.05, 0) is 32.2 Å². The van der Waals surface area contributed by atoms with Crippen LogP contribution in [0.5, 0.6) is 0 Å². The number of hydrogen-bond donors (Lipinski definition) is 1. The highest BCUT2D eigenvalue weighted by molar-refractivity contribution is 5.00. The molecule has 2 aliphatic heterocycles. The Bertz CT molecular complexity index is 207. The third-order valence-electron chi connectivity index (χ3n) is 4.28. The first-order valence-corrected chi connectivity index (χ1v) is 6.73. The number of hydrogen-bond acceptors (Lipinski definition) is 2. The molecule has 2 nitrogen and oxygen atoms in total. The molecule has 15 heavy (non-hydrogen) atoms. The van der Waals surface area contributed by atoms with E-state index in [4.69, 9.17) is 0 Å². The lowest BCUT2D eigenvalue weighted by Crippen LogP contribution is -2.46. The summed E-state index contributed by atoms with van der Waals surface area (Å²) in [7, 11) is 0. The Kier molecular flexibility index (Phi) is 3.68. The zero-order valence-electron chi connectivity index (χ0n) is 10.0. The van der Waals surface area contributed by atoms with Crippen LogP contribution in [0.25, 0.3) is 0 Å². The van der Waals surface area contributed by atoms with Crippen LogP contribution in [0.2, 0.25) is 0 Å². The fourth-order valence-corrected chi connectivity index (χ4v) is 3.34. The van der Waals surface area contributed by atoms with Crippen LogP contribution in [0, 0.1) is 0 Å².